The maximum atomic E-state index is 11.8. The Hall–Kier alpha value is -1.20. The Morgan fingerprint density at radius 2 is 2.18 bits per heavy atom. The van der Waals surface area contributed by atoms with E-state index in [0.717, 1.165) is 20.7 Å². The van der Waals surface area contributed by atoms with E-state index in [-0.39, 0.29) is 5.91 Å². The fourth-order valence-corrected chi connectivity index (χ4v) is 2.31. The van der Waals surface area contributed by atoms with Crippen LogP contribution in [0.5, 0.6) is 0 Å². The number of rotatable bonds is 2. The highest BCUT2D eigenvalue weighted by Gasteiger charge is 2.09. The molecule has 5 heteroatoms. The smallest absolute Gasteiger partial charge is 0.275 e. The van der Waals surface area contributed by atoms with Crippen molar-refractivity contribution in [2.24, 2.45) is 0 Å². The summed E-state index contributed by atoms with van der Waals surface area (Å²) in [7, 11) is 0. The Morgan fingerprint density at radius 1 is 1.41 bits per heavy atom. The maximum absolute atomic E-state index is 11.8. The minimum Gasteiger partial charge on any atom is -0.321 e. The molecule has 0 radical (unpaired) electrons. The molecule has 0 saturated heterocycles. The fourth-order valence-electron chi connectivity index (χ4n) is 1.33. The van der Waals surface area contributed by atoms with Crippen molar-refractivity contribution < 1.29 is 4.79 Å². The maximum Gasteiger partial charge on any atom is 0.275 e. The van der Waals surface area contributed by atoms with Crippen LogP contribution in [0.2, 0.25) is 0 Å². The summed E-state index contributed by atoms with van der Waals surface area (Å²) in [5.41, 5.74) is 2.36. The lowest BCUT2D eigenvalue weighted by Crippen LogP contribution is -2.12. The van der Waals surface area contributed by atoms with Gasteiger partial charge in [-0.05, 0) is 31.5 Å². The van der Waals surface area contributed by atoms with Gasteiger partial charge in [0.1, 0.15) is 5.69 Å². The topological polar surface area (TPSA) is 42.0 Å². The molecule has 0 aliphatic heterocycles. The second kappa shape index (κ2) is 4.98. The molecule has 0 bridgehead atoms. The number of nitrogens with zero attached hydrogens (tertiary/aromatic N) is 1. The predicted molar refractivity (Wildman–Crippen MR) is 73.7 cm³/mol. The van der Waals surface area contributed by atoms with Crippen LogP contribution in [-0.2, 0) is 0 Å². The van der Waals surface area contributed by atoms with Gasteiger partial charge in [0.25, 0.3) is 5.91 Å². The third-order valence-electron chi connectivity index (χ3n) is 2.28. The van der Waals surface area contributed by atoms with Gasteiger partial charge in [-0.15, -0.1) is 11.3 Å². The van der Waals surface area contributed by atoms with E-state index in [0.29, 0.717) is 5.69 Å². The molecule has 0 unspecified atom stereocenters. The number of hydrogen-bond acceptors (Lipinski definition) is 3. The first-order valence-corrected chi connectivity index (χ1v) is 6.73. The van der Waals surface area contributed by atoms with Crippen LogP contribution in [0.3, 0.4) is 0 Å². The number of anilines is 1. The number of amides is 1. The standard InChI is InChI=1S/C12H11BrN2OS/c1-7-3-4-9(5-10(7)13)15-12(16)11-6-17-8(2)14-11/h3-6H,1-2H3,(H,15,16). The second-order valence-electron chi connectivity index (χ2n) is 3.67. The number of thiazole rings is 1. The van der Waals surface area contributed by atoms with Crippen LogP contribution in [0.15, 0.2) is 28.1 Å². The molecule has 0 fully saturated rings. The fraction of sp³-hybridized carbons (Fsp3) is 0.167. The summed E-state index contributed by atoms with van der Waals surface area (Å²) in [6.45, 7) is 3.88. The zero-order chi connectivity index (χ0) is 12.4. The Labute approximate surface area is 112 Å². The molecule has 0 aliphatic rings. The summed E-state index contributed by atoms with van der Waals surface area (Å²) in [4.78, 5) is 16.0. The average molecular weight is 311 g/mol. The van der Waals surface area contributed by atoms with Gasteiger partial charge in [-0.3, -0.25) is 4.79 Å². The van der Waals surface area contributed by atoms with Gasteiger partial charge in [-0.1, -0.05) is 22.0 Å². The molecule has 1 aromatic carbocycles. The lowest BCUT2D eigenvalue weighted by atomic mass is 10.2. The quantitative estimate of drug-likeness (QED) is 0.917. The van der Waals surface area contributed by atoms with Crippen molar-refractivity contribution in [3.05, 3.63) is 44.3 Å². The highest BCUT2D eigenvalue weighted by atomic mass is 79.9. The Kier molecular flexibility index (Phi) is 3.59. The summed E-state index contributed by atoms with van der Waals surface area (Å²) >= 11 is 4.90. The van der Waals surface area contributed by atoms with E-state index >= 15 is 0 Å². The molecule has 1 amide bonds. The van der Waals surface area contributed by atoms with E-state index in [4.69, 9.17) is 0 Å². The molecule has 1 N–H and O–H groups in total. The first kappa shape index (κ1) is 12.3. The van der Waals surface area contributed by atoms with Crippen LogP contribution in [0, 0.1) is 13.8 Å². The van der Waals surface area contributed by atoms with Gasteiger partial charge in [-0.2, -0.15) is 0 Å². The van der Waals surface area contributed by atoms with E-state index in [1.54, 1.807) is 5.38 Å². The van der Waals surface area contributed by atoms with Crippen LogP contribution >= 0.6 is 27.3 Å². The Bertz CT molecular complexity index is 565. The largest absolute Gasteiger partial charge is 0.321 e. The molecule has 0 saturated carbocycles. The van der Waals surface area contributed by atoms with Gasteiger partial charge in [0.2, 0.25) is 0 Å². The molecular formula is C12H11BrN2OS. The number of aryl methyl sites for hydroxylation is 2. The molecule has 17 heavy (non-hydrogen) atoms. The number of aromatic nitrogens is 1. The van der Waals surface area contributed by atoms with Crippen molar-refractivity contribution in [2.75, 3.05) is 5.32 Å². The monoisotopic (exact) mass is 310 g/mol. The van der Waals surface area contributed by atoms with Gasteiger partial charge in [-0.25, -0.2) is 4.98 Å². The van der Waals surface area contributed by atoms with Gasteiger partial charge in [0.05, 0.1) is 5.01 Å². The number of hydrogen-bond donors (Lipinski definition) is 1. The highest BCUT2D eigenvalue weighted by molar-refractivity contribution is 9.10. The van der Waals surface area contributed by atoms with E-state index in [9.17, 15) is 4.79 Å². The molecule has 0 spiro atoms. The van der Waals surface area contributed by atoms with Crippen LogP contribution < -0.4 is 5.32 Å². The van der Waals surface area contributed by atoms with Crippen LogP contribution in [0.4, 0.5) is 5.69 Å². The van der Waals surface area contributed by atoms with E-state index in [1.807, 2.05) is 32.0 Å². The summed E-state index contributed by atoms with van der Waals surface area (Å²) < 4.78 is 0.977. The van der Waals surface area contributed by atoms with E-state index < -0.39 is 0 Å². The number of carbonyl (C=O) groups is 1. The molecule has 88 valence electrons. The third-order valence-corrected chi connectivity index (χ3v) is 3.91. The van der Waals surface area contributed by atoms with Crippen molar-refractivity contribution in [2.45, 2.75) is 13.8 Å². The summed E-state index contributed by atoms with van der Waals surface area (Å²) in [6, 6.07) is 5.70. The van der Waals surface area contributed by atoms with Gasteiger partial charge < -0.3 is 5.32 Å². The summed E-state index contributed by atoms with van der Waals surface area (Å²) in [5.74, 6) is -0.176. The number of benzene rings is 1. The summed E-state index contributed by atoms with van der Waals surface area (Å²) in [6.07, 6.45) is 0. The minimum atomic E-state index is -0.176. The lowest BCUT2D eigenvalue weighted by molar-refractivity contribution is 0.102. The Morgan fingerprint density at radius 3 is 2.76 bits per heavy atom. The lowest BCUT2D eigenvalue weighted by Gasteiger charge is -2.05. The molecule has 1 aromatic heterocycles. The first-order valence-electron chi connectivity index (χ1n) is 5.06. The molecule has 0 aliphatic carbocycles. The van der Waals surface area contributed by atoms with Crippen LogP contribution in [0.1, 0.15) is 21.1 Å². The molecule has 1 heterocycles. The van der Waals surface area contributed by atoms with Crippen molar-refractivity contribution in [3.8, 4) is 0 Å². The SMILES string of the molecule is Cc1nc(C(=O)Nc2ccc(C)c(Br)c2)cs1. The third kappa shape index (κ3) is 2.92. The molecule has 2 rings (SSSR count). The summed E-state index contributed by atoms with van der Waals surface area (Å²) in [5, 5.41) is 5.46. The number of nitrogens with one attached hydrogen (secondary N) is 1. The van der Waals surface area contributed by atoms with Crippen molar-refractivity contribution in [1.29, 1.82) is 0 Å². The molecular weight excluding hydrogens is 300 g/mol. The number of halogens is 1. The minimum absolute atomic E-state index is 0.176. The van der Waals surface area contributed by atoms with E-state index in [2.05, 4.69) is 26.2 Å². The number of carbonyl (C=O) groups excluding carboxylic acids is 1. The van der Waals surface area contributed by atoms with Gasteiger partial charge in [0, 0.05) is 15.5 Å². The second-order valence-corrected chi connectivity index (χ2v) is 5.59. The van der Waals surface area contributed by atoms with Crippen molar-refractivity contribution in [3.63, 3.8) is 0 Å². The van der Waals surface area contributed by atoms with E-state index in [1.165, 1.54) is 11.3 Å². The highest BCUT2D eigenvalue weighted by Crippen LogP contribution is 2.21. The van der Waals surface area contributed by atoms with Crippen LogP contribution in [-0.4, -0.2) is 10.9 Å². The molecule has 3 nitrogen and oxygen atoms in total. The molecule has 0 atom stereocenters. The van der Waals surface area contributed by atoms with Crippen LogP contribution in [0.25, 0.3) is 0 Å². The van der Waals surface area contributed by atoms with Crippen molar-refractivity contribution in [1.82, 2.24) is 4.98 Å². The molecule has 2 aromatic rings. The normalized spacial score (nSPS) is 10.3. The zero-order valence-electron chi connectivity index (χ0n) is 9.45. The predicted octanol–water partition coefficient (Wildman–Crippen LogP) is 3.77. The average Bonchev–Trinajstić information content (AvgIpc) is 2.70. The van der Waals surface area contributed by atoms with Crippen molar-refractivity contribution >= 4 is 38.9 Å². The first-order chi connectivity index (χ1) is 8.06. The zero-order valence-corrected chi connectivity index (χ0v) is 11.9. The Balaban J connectivity index is 2.15. The van der Waals surface area contributed by atoms with Gasteiger partial charge in [0.15, 0.2) is 0 Å². The van der Waals surface area contributed by atoms with Gasteiger partial charge >= 0.3 is 0 Å².